The maximum absolute atomic E-state index is 12.7. The number of thiazole rings is 1. The van der Waals surface area contributed by atoms with Crippen LogP contribution in [0.25, 0.3) is 0 Å². The topological polar surface area (TPSA) is 93.4 Å². The molecule has 1 aromatic carbocycles. The van der Waals surface area contributed by atoms with Crippen LogP contribution in [0.5, 0.6) is 0 Å². The lowest BCUT2D eigenvalue weighted by molar-refractivity contribution is 0.0742. The third-order valence-corrected chi connectivity index (χ3v) is 5.87. The van der Waals surface area contributed by atoms with Crippen LogP contribution in [-0.2, 0) is 10.0 Å². The second-order valence-corrected chi connectivity index (χ2v) is 7.88. The average Bonchev–Trinajstić information content (AvgIpc) is 3.00. The van der Waals surface area contributed by atoms with Crippen molar-refractivity contribution in [3.05, 3.63) is 45.4 Å². The number of primary sulfonamides is 1. The highest BCUT2D eigenvalue weighted by Crippen LogP contribution is 2.25. The second kappa shape index (κ2) is 6.38. The number of hydrogen-bond donors (Lipinski definition) is 1. The van der Waals surface area contributed by atoms with Gasteiger partial charge in [0, 0.05) is 24.2 Å². The van der Waals surface area contributed by atoms with Gasteiger partial charge in [-0.2, -0.15) is 0 Å². The average molecular weight is 353 g/mol. The zero-order valence-electron chi connectivity index (χ0n) is 13.4. The van der Waals surface area contributed by atoms with Crippen molar-refractivity contribution < 1.29 is 13.2 Å². The van der Waals surface area contributed by atoms with Gasteiger partial charge < -0.3 is 4.90 Å². The summed E-state index contributed by atoms with van der Waals surface area (Å²) >= 11 is 1.46. The number of amides is 1. The quantitative estimate of drug-likeness (QED) is 0.912. The minimum Gasteiger partial charge on any atom is -0.333 e. The number of nitrogens with zero attached hydrogens (tertiary/aromatic N) is 2. The van der Waals surface area contributed by atoms with E-state index in [9.17, 15) is 13.2 Å². The van der Waals surface area contributed by atoms with Crippen molar-refractivity contribution in [1.82, 2.24) is 9.88 Å². The number of carbonyl (C=O) groups excluding carboxylic acids is 1. The van der Waals surface area contributed by atoms with E-state index in [1.807, 2.05) is 12.3 Å². The molecule has 2 aromatic rings. The molecule has 0 radical (unpaired) electrons. The molecule has 0 saturated heterocycles. The molecule has 0 bridgehead atoms. The maximum Gasteiger partial charge on any atom is 0.254 e. The molecule has 8 heteroatoms. The van der Waals surface area contributed by atoms with Crippen LogP contribution in [0, 0.1) is 13.8 Å². The van der Waals surface area contributed by atoms with Crippen molar-refractivity contribution in [3.8, 4) is 0 Å². The Morgan fingerprint density at radius 3 is 2.52 bits per heavy atom. The van der Waals surface area contributed by atoms with Gasteiger partial charge in [0.05, 0.1) is 10.9 Å². The van der Waals surface area contributed by atoms with Crippen molar-refractivity contribution in [2.75, 3.05) is 7.05 Å². The Morgan fingerprint density at radius 1 is 1.35 bits per heavy atom. The monoisotopic (exact) mass is 353 g/mol. The number of benzene rings is 1. The zero-order valence-corrected chi connectivity index (χ0v) is 15.0. The van der Waals surface area contributed by atoms with Crippen molar-refractivity contribution >= 4 is 27.3 Å². The number of carbonyl (C=O) groups is 1. The lowest BCUT2D eigenvalue weighted by Crippen LogP contribution is -2.30. The molecule has 0 fully saturated rings. The molecular formula is C15H19N3O3S2. The van der Waals surface area contributed by atoms with E-state index in [1.54, 1.807) is 33.2 Å². The molecule has 0 spiro atoms. The minimum atomic E-state index is -3.88. The van der Waals surface area contributed by atoms with Crippen LogP contribution in [0.4, 0.5) is 0 Å². The van der Waals surface area contributed by atoms with E-state index < -0.39 is 10.0 Å². The van der Waals surface area contributed by atoms with E-state index >= 15 is 0 Å². The number of nitrogens with two attached hydrogens (primary N) is 1. The van der Waals surface area contributed by atoms with E-state index in [1.165, 1.54) is 22.3 Å². The smallest absolute Gasteiger partial charge is 0.254 e. The summed E-state index contributed by atoms with van der Waals surface area (Å²) in [5.74, 6) is -0.277. The molecule has 1 unspecified atom stereocenters. The Labute approximate surface area is 140 Å². The van der Waals surface area contributed by atoms with Gasteiger partial charge >= 0.3 is 0 Å². The van der Waals surface area contributed by atoms with Gasteiger partial charge in [0.1, 0.15) is 5.01 Å². The van der Waals surface area contributed by atoms with Gasteiger partial charge in [-0.3, -0.25) is 4.79 Å². The van der Waals surface area contributed by atoms with Crippen LogP contribution in [0.2, 0.25) is 0 Å². The van der Waals surface area contributed by atoms with E-state index in [-0.39, 0.29) is 16.8 Å². The molecule has 6 nitrogen and oxygen atoms in total. The van der Waals surface area contributed by atoms with Gasteiger partial charge in [0.25, 0.3) is 5.91 Å². The highest BCUT2D eigenvalue weighted by atomic mass is 32.2. The fraction of sp³-hybridized carbons (Fsp3) is 0.333. The standard InChI is InChI=1S/C15H19N3O3S2/c1-9-7-12(8-13(10(9)2)23(16,20)21)15(19)18(4)11(3)14-17-5-6-22-14/h5-8,11H,1-4H3,(H2,16,20,21). The summed E-state index contributed by atoms with van der Waals surface area (Å²) in [4.78, 5) is 18.4. The van der Waals surface area contributed by atoms with Crippen molar-refractivity contribution in [2.24, 2.45) is 5.14 Å². The van der Waals surface area contributed by atoms with E-state index in [0.29, 0.717) is 16.7 Å². The van der Waals surface area contributed by atoms with Crippen LogP contribution < -0.4 is 5.14 Å². The Bertz CT molecular complexity index is 830. The van der Waals surface area contributed by atoms with E-state index in [4.69, 9.17) is 5.14 Å². The van der Waals surface area contributed by atoms with Crippen LogP contribution in [0.15, 0.2) is 28.6 Å². The molecule has 2 N–H and O–H groups in total. The van der Waals surface area contributed by atoms with Crippen LogP contribution in [0.3, 0.4) is 0 Å². The Balaban J connectivity index is 2.42. The van der Waals surface area contributed by atoms with E-state index in [0.717, 1.165) is 5.01 Å². The number of aryl methyl sites for hydroxylation is 1. The molecule has 2 rings (SSSR count). The molecule has 0 aliphatic rings. The summed E-state index contributed by atoms with van der Waals surface area (Å²) in [7, 11) is -2.22. The van der Waals surface area contributed by atoms with E-state index in [2.05, 4.69) is 4.98 Å². The molecule has 124 valence electrons. The van der Waals surface area contributed by atoms with Gasteiger partial charge in [-0.15, -0.1) is 11.3 Å². The first kappa shape index (κ1) is 17.6. The molecule has 1 aromatic heterocycles. The first-order valence-electron chi connectivity index (χ1n) is 6.93. The van der Waals surface area contributed by atoms with Crippen molar-refractivity contribution in [1.29, 1.82) is 0 Å². The third-order valence-electron chi connectivity index (χ3n) is 3.88. The molecular weight excluding hydrogens is 334 g/mol. The van der Waals surface area contributed by atoms with Crippen LogP contribution in [0.1, 0.15) is 39.5 Å². The molecule has 0 aliphatic carbocycles. The Hall–Kier alpha value is -1.77. The lowest BCUT2D eigenvalue weighted by atomic mass is 10.0. The number of aromatic nitrogens is 1. The van der Waals surface area contributed by atoms with Gasteiger partial charge in [-0.1, -0.05) is 0 Å². The van der Waals surface area contributed by atoms with Gasteiger partial charge in [0.2, 0.25) is 10.0 Å². The maximum atomic E-state index is 12.7. The van der Waals surface area contributed by atoms with Crippen molar-refractivity contribution in [2.45, 2.75) is 31.7 Å². The second-order valence-electron chi connectivity index (χ2n) is 5.42. The highest BCUT2D eigenvalue weighted by molar-refractivity contribution is 7.89. The third kappa shape index (κ3) is 3.60. The van der Waals surface area contributed by atoms with Gasteiger partial charge in [-0.25, -0.2) is 18.5 Å². The summed E-state index contributed by atoms with van der Waals surface area (Å²) < 4.78 is 23.4. The SMILES string of the molecule is Cc1cc(C(=O)N(C)C(C)c2nccs2)cc(S(N)(=O)=O)c1C. The van der Waals surface area contributed by atoms with Gasteiger partial charge in [0.15, 0.2) is 0 Å². The fourth-order valence-corrected chi connectivity index (χ4v) is 3.85. The molecule has 1 amide bonds. The highest BCUT2D eigenvalue weighted by Gasteiger charge is 2.23. The molecule has 0 aliphatic heterocycles. The molecule has 23 heavy (non-hydrogen) atoms. The first-order valence-corrected chi connectivity index (χ1v) is 9.36. The number of hydrogen-bond acceptors (Lipinski definition) is 5. The Morgan fingerprint density at radius 2 is 2.00 bits per heavy atom. The summed E-state index contributed by atoms with van der Waals surface area (Å²) in [5.41, 5.74) is 1.55. The summed E-state index contributed by atoms with van der Waals surface area (Å²) in [5, 5.41) is 7.91. The van der Waals surface area contributed by atoms with Gasteiger partial charge in [-0.05, 0) is 44.0 Å². The molecule has 0 saturated carbocycles. The number of sulfonamides is 1. The summed E-state index contributed by atoms with van der Waals surface area (Å²) in [6.45, 7) is 5.30. The first-order chi connectivity index (χ1) is 10.6. The Kier molecular flexibility index (Phi) is 4.88. The fourth-order valence-electron chi connectivity index (χ4n) is 2.23. The minimum absolute atomic E-state index is 0.0175. The van der Waals surface area contributed by atoms with Crippen LogP contribution >= 0.6 is 11.3 Å². The predicted octanol–water partition coefficient (Wildman–Crippen LogP) is 2.24. The summed E-state index contributed by atoms with van der Waals surface area (Å²) in [6.07, 6.45) is 1.68. The van der Waals surface area contributed by atoms with Crippen molar-refractivity contribution in [3.63, 3.8) is 0 Å². The predicted molar refractivity (Wildman–Crippen MR) is 89.9 cm³/mol. The zero-order chi connectivity index (χ0) is 17.4. The summed E-state index contributed by atoms with van der Waals surface area (Å²) in [6, 6.07) is 2.81. The van der Waals surface area contributed by atoms with Crippen LogP contribution in [-0.4, -0.2) is 31.3 Å². The largest absolute Gasteiger partial charge is 0.333 e. The lowest BCUT2D eigenvalue weighted by Gasteiger charge is -2.24. The molecule has 1 heterocycles. The molecule has 1 atom stereocenters. The normalized spacial score (nSPS) is 12.9. The number of rotatable bonds is 4.